The summed E-state index contributed by atoms with van der Waals surface area (Å²) in [5.74, 6) is 1.88. The molecule has 1 aliphatic rings. The van der Waals surface area contributed by atoms with Crippen LogP contribution in [-0.2, 0) is 4.79 Å². The van der Waals surface area contributed by atoms with Gasteiger partial charge in [-0.3, -0.25) is 9.78 Å². The lowest BCUT2D eigenvalue weighted by molar-refractivity contribution is -0.122. The Balaban J connectivity index is 1.62. The van der Waals surface area contributed by atoms with Crippen molar-refractivity contribution in [3.05, 3.63) is 30.4 Å². The summed E-state index contributed by atoms with van der Waals surface area (Å²) in [6.07, 6.45) is 10.1. The van der Waals surface area contributed by atoms with Crippen molar-refractivity contribution in [2.45, 2.75) is 58.4 Å². The number of carbonyl (C=O) groups is 1. The Kier molecular flexibility index (Phi) is 5.79. The summed E-state index contributed by atoms with van der Waals surface area (Å²) in [6.45, 7) is 4.08. The Morgan fingerprint density at radius 3 is 2.84 bits per heavy atom. The Hall–Kier alpha value is -2.24. The molecule has 1 amide bonds. The highest BCUT2D eigenvalue weighted by molar-refractivity contribution is 5.76. The summed E-state index contributed by atoms with van der Waals surface area (Å²) in [6, 6.07) is 3.44. The van der Waals surface area contributed by atoms with Gasteiger partial charge in [0.15, 0.2) is 0 Å². The average molecular weight is 342 g/mol. The van der Waals surface area contributed by atoms with Gasteiger partial charge in [-0.2, -0.15) is 4.98 Å². The van der Waals surface area contributed by atoms with E-state index in [0.29, 0.717) is 24.1 Å². The molecule has 0 aromatic carbocycles. The third kappa shape index (κ3) is 4.65. The molecule has 6 nitrogen and oxygen atoms in total. The Morgan fingerprint density at radius 2 is 2.16 bits per heavy atom. The molecule has 2 aromatic rings. The lowest BCUT2D eigenvalue weighted by Crippen LogP contribution is -2.32. The summed E-state index contributed by atoms with van der Waals surface area (Å²) in [5, 5.41) is 7.10. The van der Waals surface area contributed by atoms with Crippen molar-refractivity contribution in [1.29, 1.82) is 0 Å². The van der Waals surface area contributed by atoms with E-state index < -0.39 is 0 Å². The van der Waals surface area contributed by atoms with Gasteiger partial charge in [-0.15, -0.1) is 0 Å². The first kappa shape index (κ1) is 17.6. The van der Waals surface area contributed by atoms with Crippen molar-refractivity contribution < 1.29 is 9.32 Å². The summed E-state index contributed by atoms with van der Waals surface area (Å²) in [7, 11) is 0. The van der Waals surface area contributed by atoms with Gasteiger partial charge in [0.05, 0.1) is 0 Å². The molecular formula is C19H26N4O2. The van der Waals surface area contributed by atoms with Crippen LogP contribution < -0.4 is 5.32 Å². The van der Waals surface area contributed by atoms with Gasteiger partial charge in [-0.25, -0.2) is 0 Å². The molecule has 1 aliphatic carbocycles. The molecule has 0 radical (unpaired) electrons. The molecule has 0 aliphatic heterocycles. The number of nitrogens with one attached hydrogen (secondary N) is 1. The second-order valence-electron chi connectivity index (χ2n) is 7.18. The normalized spacial score (nSPS) is 16.3. The van der Waals surface area contributed by atoms with Crippen LogP contribution in [0.15, 0.2) is 29.0 Å². The molecule has 1 saturated carbocycles. The van der Waals surface area contributed by atoms with E-state index in [2.05, 4.69) is 20.4 Å². The van der Waals surface area contributed by atoms with Gasteiger partial charge in [0, 0.05) is 24.4 Å². The molecule has 0 bridgehead atoms. The van der Waals surface area contributed by atoms with Gasteiger partial charge in [-0.05, 0) is 30.4 Å². The molecule has 2 aromatic heterocycles. The van der Waals surface area contributed by atoms with E-state index in [0.717, 1.165) is 12.0 Å². The van der Waals surface area contributed by atoms with Gasteiger partial charge in [0.2, 0.25) is 17.6 Å². The first-order chi connectivity index (χ1) is 12.1. The van der Waals surface area contributed by atoms with E-state index in [1.165, 1.54) is 25.7 Å². The van der Waals surface area contributed by atoms with E-state index in [4.69, 9.17) is 4.52 Å². The van der Waals surface area contributed by atoms with E-state index in [9.17, 15) is 4.79 Å². The van der Waals surface area contributed by atoms with Crippen LogP contribution in [0.3, 0.4) is 0 Å². The fourth-order valence-corrected chi connectivity index (χ4v) is 3.37. The van der Waals surface area contributed by atoms with Gasteiger partial charge >= 0.3 is 0 Å². The molecule has 2 heterocycles. The predicted octanol–water partition coefficient (Wildman–Crippen LogP) is 3.92. The van der Waals surface area contributed by atoms with E-state index in [1.807, 2.05) is 26.0 Å². The summed E-state index contributed by atoms with van der Waals surface area (Å²) < 4.78 is 5.42. The van der Waals surface area contributed by atoms with E-state index in [-0.39, 0.29) is 17.9 Å². The predicted molar refractivity (Wildman–Crippen MR) is 94.4 cm³/mol. The Bertz CT molecular complexity index is 678. The summed E-state index contributed by atoms with van der Waals surface area (Å²) >= 11 is 0. The van der Waals surface area contributed by atoms with Crippen LogP contribution in [0.2, 0.25) is 0 Å². The molecule has 3 rings (SSSR count). The van der Waals surface area contributed by atoms with Crippen LogP contribution in [0.25, 0.3) is 11.4 Å². The highest BCUT2D eigenvalue weighted by Crippen LogP contribution is 2.29. The Morgan fingerprint density at radius 1 is 1.36 bits per heavy atom. The molecule has 1 N–H and O–H groups in total. The maximum atomic E-state index is 12.4. The monoisotopic (exact) mass is 342 g/mol. The quantitative estimate of drug-likeness (QED) is 0.825. The van der Waals surface area contributed by atoms with Crippen LogP contribution in [-0.4, -0.2) is 21.0 Å². The number of pyridine rings is 1. The zero-order valence-corrected chi connectivity index (χ0v) is 14.9. The van der Waals surface area contributed by atoms with Crippen molar-refractivity contribution in [2.24, 2.45) is 11.8 Å². The topological polar surface area (TPSA) is 80.9 Å². The van der Waals surface area contributed by atoms with Gasteiger partial charge in [0.25, 0.3) is 0 Å². The summed E-state index contributed by atoms with van der Waals surface area (Å²) in [4.78, 5) is 20.9. The highest BCUT2D eigenvalue weighted by Gasteiger charge is 2.25. The number of rotatable bonds is 7. The molecule has 1 atom stereocenters. The number of hydrogen-bond acceptors (Lipinski definition) is 5. The zero-order valence-electron chi connectivity index (χ0n) is 14.9. The molecule has 1 fully saturated rings. The molecular weight excluding hydrogens is 316 g/mol. The fourth-order valence-electron chi connectivity index (χ4n) is 3.37. The maximum Gasteiger partial charge on any atom is 0.249 e. The number of aromatic nitrogens is 3. The summed E-state index contributed by atoms with van der Waals surface area (Å²) in [5.41, 5.74) is 0.799. The molecule has 134 valence electrons. The van der Waals surface area contributed by atoms with Crippen LogP contribution in [0.1, 0.15) is 64.3 Å². The minimum Gasteiger partial charge on any atom is -0.344 e. The van der Waals surface area contributed by atoms with Crippen LogP contribution in [0.5, 0.6) is 0 Å². The highest BCUT2D eigenvalue weighted by atomic mass is 16.5. The third-order valence-corrected chi connectivity index (χ3v) is 4.87. The third-order valence-electron chi connectivity index (χ3n) is 4.87. The van der Waals surface area contributed by atoms with Crippen molar-refractivity contribution in [3.8, 4) is 11.4 Å². The zero-order chi connectivity index (χ0) is 17.6. The number of hydrogen-bond donors (Lipinski definition) is 1. The van der Waals surface area contributed by atoms with Crippen LogP contribution in [0, 0.1) is 11.8 Å². The molecule has 6 heteroatoms. The molecule has 0 spiro atoms. The second kappa shape index (κ2) is 8.23. The van der Waals surface area contributed by atoms with Crippen molar-refractivity contribution in [2.75, 3.05) is 0 Å². The fraction of sp³-hybridized carbons (Fsp3) is 0.579. The molecule has 0 unspecified atom stereocenters. The van der Waals surface area contributed by atoms with Crippen molar-refractivity contribution >= 4 is 5.91 Å². The molecule has 25 heavy (non-hydrogen) atoms. The minimum atomic E-state index is -0.269. The number of nitrogens with zero attached hydrogens (tertiary/aromatic N) is 3. The Labute approximate surface area is 148 Å². The van der Waals surface area contributed by atoms with E-state index >= 15 is 0 Å². The SMILES string of the molecule is CC(C)[C@H](NC(=O)CCC1CCCC1)c1nc(-c2cccnc2)no1. The lowest BCUT2D eigenvalue weighted by atomic mass is 10.0. The van der Waals surface area contributed by atoms with Gasteiger partial charge < -0.3 is 9.84 Å². The lowest BCUT2D eigenvalue weighted by Gasteiger charge is -2.19. The van der Waals surface area contributed by atoms with E-state index in [1.54, 1.807) is 12.4 Å². The standard InChI is InChI=1S/C19H26N4O2/c1-13(2)17(21-16(24)10-9-14-6-3-4-7-14)19-22-18(23-25-19)15-8-5-11-20-12-15/h5,8,11-14,17H,3-4,6-7,9-10H2,1-2H3,(H,21,24)/t17-/m0/s1. The van der Waals surface area contributed by atoms with Crippen LogP contribution in [0.4, 0.5) is 0 Å². The minimum absolute atomic E-state index is 0.0618. The average Bonchev–Trinajstić information content (AvgIpc) is 3.30. The molecule has 0 saturated heterocycles. The van der Waals surface area contributed by atoms with Gasteiger partial charge in [0.1, 0.15) is 6.04 Å². The first-order valence-electron chi connectivity index (χ1n) is 9.17. The van der Waals surface area contributed by atoms with Crippen LogP contribution >= 0.6 is 0 Å². The van der Waals surface area contributed by atoms with Gasteiger partial charge in [-0.1, -0.05) is 44.7 Å². The smallest absolute Gasteiger partial charge is 0.249 e. The number of carbonyl (C=O) groups excluding carboxylic acids is 1. The van der Waals surface area contributed by atoms with Crippen molar-refractivity contribution in [1.82, 2.24) is 20.4 Å². The number of amides is 1. The largest absolute Gasteiger partial charge is 0.344 e. The van der Waals surface area contributed by atoms with Crippen molar-refractivity contribution in [3.63, 3.8) is 0 Å². The second-order valence-corrected chi connectivity index (χ2v) is 7.18. The first-order valence-corrected chi connectivity index (χ1v) is 9.17. The maximum absolute atomic E-state index is 12.4.